The van der Waals surface area contributed by atoms with Gasteiger partial charge in [-0.15, -0.1) is 0 Å². The summed E-state index contributed by atoms with van der Waals surface area (Å²) in [6, 6.07) is 3.53. The Kier molecular flexibility index (Phi) is 2.55. The second kappa shape index (κ2) is 4.23. The maximum absolute atomic E-state index is 5.88. The summed E-state index contributed by atoms with van der Waals surface area (Å²) < 4.78 is 11.7. The fraction of sp³-hybridized carbons (Fsp3) is 0.273. The number of nitrogens with two attached hydrogens (primary N) is 1. The lowest BCUT2D eigenvalue weighted by molar-refractivity contribution is 0.386. The normalized spacial score (nSPS) is 11.1. The molecule has 0 fully saturated rings. The molecule has 0 spiro atoms. The number of methoxy groups -OCH3 is 1. The van der Waals surface area contributed by atoms with Gasteiger partial charge in [-0.3, -0.25) is 4.57 Å². The van der Waals surface area contributed by atoms with Gasteiger partial charge in [0, 0.05) is 13.0 Å². The van der Waals surface area contributed by atoms with Gasteiger partial charge in [0.25, 0.3) is 0 Å². The molecule has 2 N–H and O–H groups in total. The molecule has 0 radical (unpaired) electrons. The summed E-state index contributed by atoms with van der Waals surface area (Å²) in [5, 5.41) is 3.83. The molecule has 0 amide bonds. The molecule has 0 unspecified atom stereocenters. The molecule has 98 valence electrons. The minimum atomic E-state index is 0.346. The Labute approximate surface area is 108 Å². The lowest BCUT2D eigenvalue weighted by Crippen LogP contribution is -2.06. The molecule has 0 aliphatic carbocycles. The lowest BCUT2D eigenvalue weighted by atomic mass is 10.4. The van der Waals surface area contributed by atoms with Crippen LogP contribution in [-0.4, -0.2) is 31.8 Å². The van der Waals surface area contributed by atoms with Crippen LogP contribution in [-0.2, 0) is 6.54 Å². The fourth-order valence-electron chi connectivity index (χ4n) is 1.82. The van der Waals surface area contributed by atoms with Crippen LogP contribution in [0.2, 0.25) is 0 Å². The summed E-state index contributed by atoms with van der Waals surface area (Å²) in [6.45, 7) is 2.08. The number of imidazole rings is 1. The third kappa shape index (κ3) is 1.96. The molecule has 0 aliphatic rings. The van der Waals surface area contributed by atoms with Crippen molar-refractivity contribution in [3.63, 3.8) is 0 Å². The molecular formula is C11H12N6O2. The highest BCUT2D eigenvalue weighted by Crippen LogP contribution is 2.20. The van der Waals surface area contributed by atoms with Crippen LogP contribution in [0.3, 0.4) is 0 Å². The Morgan fingerprint density at radius 1 is 1.32 bits per heavy atom. The van der Waals surface area contributed by atoms with Crippen LogP contribution in [0.1, 0.15) is 11.7 Å². The Bertz CT molecular complexity index is 732. The van der Waals surface area contributed by atoms with Crippen molar-refractivity contribution in [1.29, 1.82) is 0 Å². The molecule has 0 saturated heterocycles. The highest BCUT2D eigenvalue weighted by Gasteiger charge is 2.13. The zero-order chi connectivity index (χ0) is 13.4. The van der Waals surface area contributed by atoms with E-state index in [2.05, 4.69) is 20.1 Å². The highest BCUT2D eigenvalue weighted by atomic mass is 16.5. The number of pyridine rings is 1. The van der Waals surface area contributed by atoms with Gasteiger partial charge in [-0.1, -0.05) is 5.16 Å². The average molecular weight is 260 g/mol. The van der Waals surface area contributed by atoms with Crippen molar-refractivity contribution in [2.75, 3.05) is 12.8 Å². The van der Waals surface area contributed by atoms with Crippen molar-refractivity contribution in [2.24, 2.45) is 0 Å². The number of nitrogens with zero attached hydrogens (tertiary/aromatic N) is 5. The van der Waals surface area contributed by atoms with E-state index in [-0.39, 0.29) is 0 Å². The van der Waals surface area contributed by atoms with Crippen LogP contribution in [0.5, 0.6) is 5.88 Å². The summed E-state index contributed by atoms with van der Waals surface area (Å²) in [7, 11) is 1.56. The molecule has 19 heavy (non-hydrogen) atoms. The molecule has 0 aliphatic heterocycles. The monoisotopic (exact) mass is 260 g/mol. The molecule has 0 bridgehead atoms. The number of hydrogen-bond acceptors (Lipinski definition) is 7. The molecule has 8 heteroatoms. The van der Waals surface area contributed by atoms with E-state index in [0.29, 0.717) is 41.3 Å². The van der Waals surface area contributed by atoms with Crippen molar-refractivity contribution >= 4 is 17.1 Å². The van der Waals surface area contributed by atoms with E-state index in [0.717, 1.165) is 0 Å². The zero-order valence-electron chi connectivity index (χ0n) is 10.5. The van der Waals surface area contributed by atoms with Crippen molar-refractivity contribution in [3.05, 3.63) is 23.8 Å². The predicted molar refractivity (Wildman–Crippen MR) is 66.6 cm³/mol. The Morgan fingerprint density at radius 2 is 2.16 bits per heavy atom. The van der Waals surface area contributed by atoms with Crippen molar-refractivity contribution < 1.29 is 9.26 Å². The molecule has 3 aromatic rings. The van der Waals surface area contributed by atoms with Crippen LogP contribution in [0, 0.1) is 6.92 Å². The summed E-state index contributed by atoms with van der Waals surface area (Å²) in [6.07, 6.45) is 0. The fourth-order valence-corrected chi connectivity index (χ4v) is 1.82. The number of anilines is 1. The minimum absolute atomic E-state index is 0.346. The summed E-state index contributed by atoms with van der Waals surface area (Å²) in [5.41, 5.74) is 7.20. The highest BCUT2D eigenvalue weighted by molar-refractivity contribution is 5.74. The van der Waals surface area contributed by atoms with E-state index >= 15 is 0 Å². The Balaban J connectivity index is 2.08. The molecular weight excluding hydrogens is 248 g/mol. The molecule has 3 aromatic heterocycles. The summed E-state index contributed by atoms with van der Waals surface area (Å²) >= 11 is 0. The topological polar surface area (TPSA) is 105 Å². The van der Waals surface area contributed by atoms with Gasteiger partial charge in [0.2, 0.25) is 17.7 Å². The summed E-state index contributed by atoms with van der Waals surface area (Å²) in [5.74, 6) is 1.87. The predicted octanol–water partition coefficient (Wildman–Crippen LogP) is 0.762. The SMILES string of the molecule is COc1ccc2nc(N)n(Cc3noc(C)n3)c2n1. The first kappa shape index (κ1) is 11.5. The first-order valence-corrected chi connectivity index (χ1v) is 5.63. The third-order valence-corrected chi connectivity index (χ3v) is 2.67. The van der Waals surface area contributed by atoms with Gasteiger partial charge in [0.05, 0.1) is 13.7 Å². The van der Waals surface area contributed by atoms with Crippen LogP contribution in [0.4, 0.5) is 5.95 Å². The second-order valence-corrected chi connectivity index (χ2v) is 3.98. The minimum Gasteiger partial charge on any atom is -0.481 e. The molecule has 0 aromatic carbocycles. The van der Waals surface area contributed by atoms with Crippen molar-refractivity contribution in [1.82, 2.24) is 24.7 Å². The van der Waals surface area contributed by atoms with Crippen LogP contribution in [0.15, 0.2) is 16.7 Å². The van der Waals surface area contributed by atoms with E-state index in [4.69, 9.17) is 15.0 Å². The Hall–Kier alpha value is -2.64. The van der Waals surface area contributed by atoms with Gasteiger partial charge < -0.3 is 15.0 Å². The number of hydrogen-bond donors (Lipinski definition) is 1. The van der Waals surface area contributed by atoms with Gasteiger partial charge in [0.15, 0.2) is 11.5 Å². The van der Waals surface area contributed by atoms with E-state index in [1.165, 1.54) is 0 Å². The maximum Gasteiger partial charge on any atom is 0.223 e. The van der Waals surface area contributed by atoms with Crippen LogP contribution in [0.25, 0.3) is 11.2 Å². The number of aryl methyl sites for hydroxylation is 1. The molecule has 3 rings (SSSR count). The average Bonchev–Trinajstić information content (AvgIpc) is 2.94. The molecule has 0 atom stereocenters. The molecule has 0 saturated carbocycles. The second-order valence-electron chi connectivity index (χ2n) is 3.98. The number of fused-ring (bicyclic) bond motifs is 1. The van der Waals surface area contributed by atoms with Gasteiger partial charge in [-0.2, -0.15) is 9.97 Å². The van der Waals surface area contributed by atoms with Gasteiger partial charge in [-0.05, 0) is 6.07 Å². The quantitative estimate of drug-likeness (QED) is 0.741. The van der Waals surface area contributed by atoms with Crippen molar-refractivity contribution in [3.8, 4) is 5.88 Å². The first-order chi connectivity index (χ1) is 9.17. The number of rotatable bonds is 3. The summed E-state index contributed by atoms with van der Waals surface area (Å²) in [4.78, 5) is 12.7. The standard InChI is InChI=1S/C11H12N6O2/c1-6-13-8(16-19-6)5-17-10-7(14-11(17)12)3-4-9(15-10)18-2/h3-4H,5H2,1-2H3,(H2,12,14). The van der Waals surface area contributed by atoms with E-state index in [9.17, 15) is 0 Å². The van der Waals surface area contributed by atoms with Crippen LogP contribution >= 0.6 is 0 Å². The molecule has 3 heterocycles. The third-order valence-electron chi connectivity index (χ3n) is 2.67. The van der Waals surface area contributed by atoms with Gasteiger partial charge in [0.1, 0.15) is 5.52 Å². The maximum atomic E-state index is 5.88. The smallest absolute Gasteiger partial charge is 0.223 e. The number of aromatic nitrogens is 5. The van der Waals surface area contributed by atoms with E-state index in [1.807, 2.05) is 0 Å². The largest absolute Gasteiger partial charge is 0.481 e. The zero-order valence-corrected chi connectivity index (χ0v) is 10.5. The first-order valence-electron chi connectivity index (χ1n) is 5.63. The lowest BCUT2D eigenvalue weighted by Gasteiger charge is -2.03. The van der Waals surface area contributed by atoms with Crippen molar-refractivity contribution in [2.45, 2.75) is 13.5 Å². The van der Waals surface area contributed by atoms with Gasteiger partial charge >= 0.3 is 0 Å². The molecule has 8 nitrogen and oxygen atoms in total. The Morgan fingerprint density at radius 3 is 2.84 bits per heavy atom. The number of ether oxygens (including phenoxy) is 1. The number of nitrogen functional groups attached to an aromatic ring is 1. The van der Waals surface area contributed by atoms with E-state index < -0.39 is 0 Å². The van der Waals surface area contributed by atoms with Gasteiger partial charge in [-0.25, -0.2) is 4.98 Å². The van der Waals surface area contributed by atoms with E-state index in [1.54, 1.807) is 30.7 Å². The van der Waals surface area contributed by atoms with Crippen LogP contribution < -0.4 is 10.5 Å².